The van der Waals surface area contributed by atoms with Crippen molar-refractivity contribution >= 4 is 0 Å². The van der Waals surface area contributed by atoms with Crippen molar-refractivity contribution in [3.05, 3.63) is 37.0 Å². The van der Waals surface area contributed by atoms with E-state index in [9.17, 15) is 0 Å². The normalized spacial score (nSPS) is 10.4. The quantitative estimate of drug-likeness (QED) is 0.492. The van der Waals surface area contributed by atoms with Crippen LogP contribution in [0.2, 0.25) is 0 Å². The highest BCUT2D eigenvalue weighted by molar-refractivity contribution is 4.88. The smallest absolute Gasteiger partial charge is 0.0203 e. The van der Waals surface area contributed by atoms with Gasteiger partial charge < -0.3 is 0 Å². The molecule has 0 nitrogen and oxygen atoms in total. The third-order valence-corrected chi connectivity index (χ3v) is 1.43. The Kier molecular flexibility index (Phi) is 21.4. The van der Waals surface area contributed by atoms with Crippen molar-refractivity contribution < 1.29 is 0 Å². The minimum atomic E-state index is 0.370. The lowest BCUT2D eigenvalue weighted by Gasteiger charge is -2.09. The second-order valence-electron chi connectivity index (χ2n) is 4.54. The van der Waals surface area contributed by atoms with Crippen molar-refractivity contribution in [2.75, 3.05) is 0 Å². The summed E-state index contributed by atoms with van der Waals surface area (Å²) in [4.78, 5) is 0. The van der Waals surface area contributed by atoms with E-state index in [-0.39, 0.29) is 0 Å². The average Bonchev–Trinajstić information content (AvgIpc) is 2.18. The van der Waals surface area contributed by atoms with Crippen molar-refractivity contribution in [3.63, 3.8) is 0 Å². The van der Waals surface area contributed by atoms with E-state index in [4.69, 9.17) is 0 Å². The topological polar surface area (TPSA) is 0 Å². The molecule has 0 bridgehead atoms. The van der Waals surface area contributed by atoms with E-state index in [1.165, 1.54) is 0 Å². The molecule has 0 N–H and O–H groups in total. The fraction of sp³-hybridized carbons (Fsp3) is 0.625. The third-order valence-electron chi connectivity index (χ3n) is 1.43. The van der Waals surface area contributed by atoms with Crippen LogP contribution in [0, 0.1) is 5.41 Å². The predicted octanol–water partition coefficient (Wildman–Crippen LogP) is 6.16. The molecule has 96 valence electrons. The zero-order valence-corrected chi connectivity index (χ0v) is 12.5. The van der Waals surface area contributed by atoms with Gasteiger partial charge in [0, 0.05) is 0 Å². The molecule has 0 unspecified atom stereocenters. The van der Waals surface area contributed by atoms with E-state index in [0.29, 0.717) is 5.41 Å². The van der Waals surface area contributed by atoms with Crippen LogP contribution >= 0.6 is 0 Å². The molecule has 0 aliphatic carbocycles. The fourth-order valence-electron chi connectivity index (χ4n) is 0.736. The van der Waals surface area contributed by atoms with Gasteiger partial charge in [-0.15, -0.1) is 6.58 Å². The maximum atomic E-state index is 3.48. The van der Waals surface area contributed by atoms with Gasteiger partial charge >= 0.3 is 0 Å². The highest BCUT2D eigenvalue weighted by Crippen LogP contribution is 2.13. The van der Waals surface area contributed by atoms with Crippen LogP contribution in [0.3, 0.4) is 0 Å². The Morgan fingerprint density at radius 1 is 0.938 bits per heavy atom. The lowest BCUT2D eigenvalue weighted by atomic mass is 9.97. The first-order valence-electron chi connectivity index (χ1n) is 6.25. The standard InChI is InChI=1S/C7H14.C5H10.C4H8/c1-5-6-7(2,3)4;1-3-5-4-2;1-3-4-2/h5-6H,1-4H3;3,5H,4H2,1-2H3;3H,1,4H2,2H3/b6-5+;;. The van der Waals surface area contributed by atoms with Gasteiger partial charge in [-0.1, -0.05) is 65.0 Å². The zero-order chi connectivity index (χ0) is 13.4. The first-order chi connectivity index (χ1) is 7.39. The van der Waals surface area contributed by atoms with Gasteiger partial charge in [0.05, 0.1) is 0 Å². The maximum Gasteiger partial charge on any atom is -0.0203 e. The van der Waals surface area contributed by atoms with E-state index < -0.39 is 0 Å². The molecule has 0 saturated carbocycles. The van der Waals surface area contributed by atoms with Gasteiger partial charge in [0.25, 0.3) is 0 Å². The van der Waals surface area contributed by atoms with Crippen LogP contribution in [0.15, 0.2) is 37.0 Å². The predicted molar refractivity (Wildman–Crippen MR) is 79.9 cm³/mol. The van der Waals surface area contributed by atoms with Crippen LogP contribution in [0.25, 0.3) is 0 Å². The van der Waals surface area contributed by atoms with Crippen LogP contribution in [-0.2, 0) is 0 Å². The van der Waals surface area contributed by atoms with Crippen LogP contribution in [-0.4, -0.2) is 0 Å². The van der Waals surface area contributed by atoms with E-state index in [1.807, 2.05) is 19.9 Å². The number of hydrogen-bond acceptors (Lipinski definition) is 0. The molecule has 0 aromatic carbocycles. The van der Waals surface area contributed by atoms with E-state index >= 15 is 0 Å². The largest absolute Gasteiger partial charge is 0.103 e. The lowest BCUT2D eigenvalue weighted by molar-refractivity contribution is 0.543. The molecule has 16 heavy (non-hydrogen) atoms. The van der Waals surface area contributed by atoms with E-state index in [0.717, 1.165) is 12.8 Å². The van der Waals surface area contributed by atoms with Gasteiger partial charge in [-0.25, -0.2) is 0 Å². The summed E-state index contributed by atoms with van der Waals surface area (Å²) in [6.45, 7) is 18.3. The van der Waals surface area contributed by atoms with Crippen molar-refractivity contribution in [2.24, 2.45) is 5.41 Å². The molecule has 0 heteroatoms. The van der Waals surface area contributed by atoms with E-state index in [1.54, 1.807) is 0 Å². The summed E-state index contributed by atoms with van der Waals surface area (Å²) in [6.07, 6.45) is 12.6. The van der Waals surface area contributed by atoms with Gasteiger partial charge in [0.2, 0.25) is 0 Å². The maximum absolute atomic E-state index is 3.48. The molecule has 0 radical (unpaired) electrons. The molecular formula is C16H32. The highest BCUT2D eigenvalue weighted by Gasteiger charge is 2.00. The third kappa shape index (κ3) is 51.0. The van der Waals surface area contributed by atoms with Crippen LogP contribution in [0.1, 0.15) is 61.3 Å². The Morgan fingerprint density at radius 2 is 1.38 bits per heavy atom. The van der Waals surface area contributed by atoms with Gasteiger partial charge in [-0.05, 0) is 32.1 Å². The monoisotopic (exact) mass is 224 g/mol. The minimum Gasteiger partial charge on any atom is -0.103 e. The van der Waals surface area contributed by atoms with Crippen LogP contribution in [0.4, 0.5) is 0 Å². The Bertz CT molecular complexity index is 165. The van der Waals surface area contributed by atoms with Gasteiger partial charge in [-0.3, -0.25) is 0 Å². The number of hydrogen-bond donors (Lipinski definition) is 0. The fourth-order valence-corrected chi connectivity index (χ4v) is 0.736. The second kappa shape index (κ2) is 16.6. The molecule has 0 saturated heterocycles. The zero-order valence-electron chi connectivity index (χ0n) is 12.5. The SMILES string of the molecule is C/C=C/C(C)(C)C.C=CCC.CC=CCC. The van der Waals surface area contributed by atoms with Crippen molar-refractivity contribution in [1.82, 2.24) is 0 Å². The van der Waals surface area contributed by atoms with Crippen LogP contribution < -0.4 is 0 Å². The first-order valence-corrected chi connectivity index (χ1v) is 6.25. The molecule has 0 spiro atoms. The summed E-state index contributed by atoms with van der Waals surface area (Å²) in [5.74, 6) is 0. The van der Waals surface area contributed by atoms with Gasteiger partial charge in [-0.2, -0.15) is 0 Å². The second-order valence-corrected chi connectivity index (χ2v) is 4.54. The molecule has 0 rings (SSSR count). The van der Waals surface area contributed by atoms with Crippen molar-refractivity contribution in [1.29, 1.82) is 0 Å². The molecule has 0 aromatic heterocycles. The average molecular weight is 224 g/mol. The minimum absolute atomic E-state index is 0.370. The summed E-state index contributed by atoms with van der Waals surface area (Å²) in [5, 5.41) is 0. The Morgan fingerprint density at radius 3 is 1.38 bits per heavy atom. The molecule has 0 amide bonds. The van der Waals surface area contributed by atoms with Crippen molar-refractivity contribution in [2.45, 2.75) is 61.3 Å². The molecule has 0 aromatic rings. The lowest BCUT2D eigenvalue weighted by Crippen LogP contribution is -1.97. The van der Waals surface area contributed by atoms with Crippen molar-refractivity contribution in [3.8, 4) is 0 Å². The Balaban J connectivity index is -0.000000166. The summed E-state index contributed by atoms with van der Waals surface area (Å²) >= 11 is 0. The highest BCUT2D eigenvalue weighted by atomic mass is 14.1. The van der Waals surface area contributed by atoms with Crippen LogP contribution in [0.5, 0.6) is 0 Å². The van der Waals surface area contributed by atoms with E-state index in [2.05, 4.69) is 65.5 Å². The summed E-state index contributed by atoms with van der Waals surface area (Å²) in [6, 6.07) is 0. The van der Waals surface area contributed by atoms with Gasteiger partial charge in [0.15, 0.2) is 0 Å². The molecular weight excluding hydrogens is 192 g/mol. The Labute approximate surface area is 104 Å². The molecule has 0 aliphatic rings. The number of allylic oxidation sites excluding steroid dienone is 5. The summed E-state index contributed by atoms with van der Waals surface area (Å²) in [7, 11) is 0. The first kappa shape index (κ1) is 20.6. The summed E-state index contributed by atoms with van der Waals surface area (Å²) in [5.41, 5.74) is 0.370. The molecule has 0 fully saturated rings. The van der Waals surface area contributed by atoms with Gasteiger partial charge in [0.1, 0.15) is 0 Å². The summed E-state index contributed by atoms with van der Waals surface area (Å²) < 4.78 is 0. The Hall–Kier alpha value is -0.780. The molecule has 0 heterocycles. The number of rotatable bonds is 2. The molecule has 0 atom stereocenters. The molecule has 0 aliphatic heterocycles.